The van der Waals surface area contributed by atoms with Gasteiger partial charge in [-0.2, -0.15) is 0 Å². The molecular formula is C3H7ClNS+. The van der Waals surface area contributed by atoms with Gasteiger partial charge in [-0.15, -0.1) is 0 Å². The Kier molecular flexibility index (Phi) is 3.68. The minimum atomic E-state index is 1.18. The molecule has 0 aliphatic heterocycles. The highest BCUT2D eigenvalue weighted by Gasteiger charge is 1.75. The summed E-state index contributed by atoms with van der Waals surface area (Å²) in [5.74, 6) is 0. The molecule has 6 heavy (non-hydrogen) atoms. The summed E-state index contributed by atoms with van der Waals surface area (Å²) < 4.78 is 1.89. The van der Waals surface area contributed by atoms with E-state index in [9.17, 15) is 0 Å². The van der Waals surface area contributed by atoms with Crippen LogP contribution in [0.4, 0.5) is 0 Å². The Hall–Kier alpha value is 0.310. The maximum atomic E-state index is 5.22. The fourth-order valence-electron chi connectivity index (χ4n) is 0.0797. The highest BCUT2D eigenvalue weighted by atomic mass is 35.7. The van der Waals surface area contributed by atoms with E-state index in [4.69, 9.17) is 10.7 Å². The molecule has 0 saturated heterocycles. The fraction of sp³-hybridized carbons (Fsp3) is 0.667. The zero-order chi connectivity index (χ0) is 4.99. The van der Waals surface area contributed by atoms with Crippen molar-refractivity contribution in [1.82, 2.24) is 0 Å². The summed E-state index contributed by atoms with van der Waals surface area (Å²) in [4.78, 5) is 0. The molecule has 0 aromatic carbocycles. The molecular weight excluding hydrogens is 118 g/mol. The van der Waals surface area contributed by atoms with E-state index in [1.54, 1.807) is 0 Å². The minimum Gasteiger partial charge on any atom is -0.235 e. The highest BCUT2D eigenvalue weighted by Crippen LogP contribution is 1.97. The van der Waals surface area contributed by atoms with Gasteiger partial charge in [0, 0.05) is 11.0 Å². The van der Waals surface area contributed by atoms with Gasteiger partial charge in [0.05, 0.1) is 0 Å². The van der Waals surface area contributed by atoms with E-state index in [1.807, 2.05) is 24.2 Å². The van der Waals surface area contributed by atoms with Gasteiger partial charge in [-0.3, -0.25) is 0 Å². The van der Waals surface area contributed by atoms with Crippen molar-refractivity contribution in [3.05, 3.63) is 0 Å². The van der Waals surface area contributed by atoms with Crippen LogP contribution in [0.2, 0.25) is 0 Å². The van der Waals surface area contributed by atoms with Crippen LogP contribution in [0, 0.1) is 0 Å². The zero-order valence-corrected chi connectivity index (χ0v) is 5.38. The normalized spacial score (nSPS) is 7.83. The van der Waals surface area contributed by atoms with E-state index in [0.29, 0.717) is 0 Å². The lowest BCUT2D eigenvalue weighted by Crippen LogP contribution is -1.92. The maximum absolute atomic E-state index is 5.22. The molecule has 3 heteroatoms. The van der Waals surface area contributed by atoms with E-state index in [0.717, 1.165) is 0 Å². The topological polar surface area (TPSA) is 3.01 Å². The molecule has 0 spiro atoms. The summed E-state index contributed by atoms with van der Waals surface area (Å²) >= 11 is 0. The zero-order valence-electron chi connectivity index (χ0n) is 3.81. The highest BCUT2D eigenvalue weighted by molar-refractivity contribution is 8.31. The molecule has 0 aliphatic carbocycles. The Morgan fingerprint density at radius 3 is 2.17 bits per heavy atom. The molecule has 0 N–H and O–H groups in total. The van der Waals surface area contributed by atoms with Crippen LogP contribution >= 0.6 is 21.7 Å². The van der Waals surface area contributed by atoms with E-state index in [1.165, 1.54) is 11.0 Å². The van der Waals surface area contributed by atoms with Crippen LogP contribution < -0.4 is 0 Å². The van der Waals surface area contributed by atoms with Crippen LogP contribution in [0.3, 0.4) is 0 Å². The molecule has 0 radical (unpaired) electrons. The van der Waals surface area contributed by atoms with Crippen molar-refractivity contribution in [3.8, 4) is 0 Å². The maximum Gasteiger partial charge on any atom is 0.213 e. The first kappa shape index (κ1) is 6.31. The first-order valence-electron chi connectivity index (χ1n) is 1.54. The van der Waals surface area contributed by atoms with E-state index >= 15 is 0 Å². The average molecular weight is 125 g/mol. The van der Waals surface area contributed by atoms with Crippen molar-refractivity contribution < 1.29 is 4.58 Å². The average Bonchev–Trinajstić information content (AvgIpc) is 1.35. The second-order valence-corrected chi connectivity index (χ2v) is 2.08. The summed E-state index contributed by atoms with van der Waals surface area (Å²) in [7, 11) is 10.3. The second-order valence-electron chi connectivity index (χ2n) is 1.16. The predicted molar refractivity (Wildman–Crippen MR) is 31.6 cm³/mol. The predicted octanol–water partition coefficient (Wildman–Crippen LogP) is 1.17. The summed E-state index contributed by atoms with van der Waals surface area (Å²) in [6.45, 7) is 0. The Morgan fingerprint density at radius 1 is 1.67 bits per heavy atom. The van der Waals surface area contributed by atoms with Crippen LogP contribution in [0.25, 0.3) is 0 Å². The Labute approximate surface area is 46.5 Å². The molecule has 0 atom stereocenters. The van der Waals surface area contributed by atoms with Crippen molar-refractivity contribution in [2.45, 2.75) is 0 Å². The SMILES string of the molecule is C[N+](C)=CSCl. The van der Waals surface area contributed by atoms with Crippen LogP contribution in [-0.4, -0.2) is 24.2 Å². The van der Waals surface area contributed by atoms with Crippen molar-refractivity contribution in [3.63, 3.8) is 0 Å². The van der Waals surface area contributed by atoms with Gasteiger partial charge >= 0.3 is 0 Å². The van der Waals surface area contributed by atoms with Gasteiger partial charge in [0.25, 0.3) is 0 Å². The molecule has 0 aliphatic rings. The first-order valence-corrected chi connectivity index (χ1v) is 3.25. The van der Waals surface area contributed by atoms with E-state index in [2.05, 4.69) is 0 Å². The molecule has 0 fully saturated rings. The molecule has 0 saturated carbocycles. The van der Waals surface area contributed by atoms with E-state index < -0.39 is 0 Å². The number of rotatable bonds is 1. The van der Waals surface area contributed by atoms with Gasteiger partial charge in [0.15, 0.2) is 0 Å². The molecule has 0 heterocycles. The Morgan fingerprint density at radius 2 is 2.17 bits per heavy atom. The number of hydrogen-bond acceptors (Lipinski definition) is 1. The molecule has 0 aromatic rings. The van der Waals surface area contributed by atoms with E-state index in [-0.39, 0.29) is 0 Å². The number of halogens is 1. The molecule has 0 amide bonds. The lowest BCUT2D eigenvalue weighted by atomic mass is 11.1. The third-order valence-corrected chi connectivity index (χ3v) is 0.991. The van der Waals surface area contributed by atoms with Crippen molar-refractivity contribution >= 4 is 27.2 Å². The monoisotopic (exact) mass is 124 g/mol. The third kappa shape index (κ3) is 4.31. The fourth-order valence-corrected chi connectivity index (χ4v) is 0.717. The van der Waals surface area contributed by atoms with Gasteiger partial charge in [-0.05, 0) is 10.7 Å². The molecule has 0 unspecified atom stereocenters. The quantitative estimate of drug-likeness (QED) is 0.288. The van der Waals surface area contributed by atoms with Gasteiger partial charge in [-0.25, -0.2) is 4.58 Å². The number of nitrogens with zero attached hydrogens (tertiary/aromatic N) is 1. The van der Waals surface area contributed by atoms with Crippen molar-refractivity contribution in [2.75, 3.05) is 14.1 Å². The summed E-state index contributed by atoms with van der Waals surface area (Å²) in [5, 5.41) is 0. The molecule has 0 aromatic heterocycles. The summed E-state index contributed by atoms with van der Waals surface area (Å²) in [6.07, 6.45) is 0. The molecule has 1 nitrogen and oxygen atoms in total. The molecule has 0 bridgehead atoms. The smallest absolute Gasteiger partial charge is 0.213 e. The van der Waals surface area contributed by atoms with Crippen LogP contribution in [0.15, 0.2) is 0 Å². The van der Waals surface area contributed by atoms with Crippen molar-refractivity contribution in [1.29, 1.82) is 0 Å². The number of hydrogen-bond donors (Lipinski definition) is 0. The van der Waals surface area contributed by atoms with Gasteiger partial charge in [0.1, 0.15) is 14.1 Å². The van der Waals surface area contributed by atoms with Crippen LogP contribution in [0.1, 0.15) is 0 Å². The van der Waals surface area contributed by atoms with Gasteiger partial charge < -0.3 is 0 Å². The molecule has 0 rings (SSSR count). The lowest BCUT2D eigenvalue weighted by Gasteiger charge is -1.74. The Bertz CT molecular complexity index is 57.8. The van der Waals surface area contributed by atoms with Crippen LogP contribution in [-0.2, 0) is 0 Å². The standard InChI is InChI=1S/C3H7ClNS/c1-5(2)3-6-4/h3H,1-2H3/q+1. The minimum absolute atomic E-state index is 1.18. The van der Waals surface area contributed by atoms with Crippen molar-refractivity contribution in [2.24, 2.45) is 0 Å². The summed E-state index contributed by atoms with van der Waals surface area (Å²) in [6, 6.07) is 0. The first-order chi connectivity index (χ1) is 2.77. The lowest BCUT2D eigenvalue weighted by molar-refractivity contribution is -0.456. The van der Waals surface area contributed by atoms with Crippen LogP contribution in [0.5, 0.6) is 0 Å². The second kappa shape index (κ2) is 3.50. The Balaban J connectivity index is 3.14. The third-order valence-electron chi connectivity index (χ3n) is 0.251. The van der Waals surface area contributed by atoms with Gasteiger partial charge in [-0.1, -0.05) is 0 Å². The van der Waals surface area contributed by atoms with Gasteiger partial charge in [0.2, 0.25) is 5.55 Å². The largest absolute Gasteiger partial charge is 0.235 e. The summed E-state index contributed by atoms with van der Waals surface area (Å²) in [5.41, 5.74) is 1.81. The molecule has 36 valence electrons.